The zero-order valence-corrected chi connectivity index (χ0v) is 13.9. The summed E-state index contributed by atoms with van der Waals surface area (Å²) < 4.78 is 37.3. The van der Waals surface area contributed by atoms with Gasteiger partial charge in [0.05, 0.1) is 13.2 Å². The van der Waals surface area contributed by atoms with Crippen molar-refractivity contribution in [1.82, 2.24) is 4.72 Å². The molecule has 0 aliphatic heterocycles. The van der Waals surface area contributed by atoms with Crippen LogP contribution in [-0.2, 0) is 19.6 Å². The summed E-state index contributed by atoms with van der Waals surface area (Å²) in [6.07, 6.45) is 0. The summed E-state index contributed by atoms with van der Waals surface area (Å²) in [5.41, 5.74) is 0. The third kappa shape index (κ3) is 4.95. The molecule has 0 aromatic heterocycles. The van der Waals surface area contributed by atoms with Gasteiger partial charge in [-0.1, -0.05) is 15.9 Å². The Labute approximate surface area is 131 Å². The summed E-state index contributed by atoms with van der Waals surface area (Å²) in [6, 6.07) is 3.09. The molecule has 0 aliphatic carbocycles. The van der Waals surface area contributed by atoms with Crippen LogP contribution in [0.25, 0.3) is 0 Å². The molecule has 0 bridgehead atoms. The highest BCUT2D eigenvalue weighted by molar-refractivity contribution is 9.10. The molecular weight excluding hydrogens is 366 g/mol. The van der Waals surface area contributed by atoms with Gasteiger partial charge in [-0.05, 0) is 25.1 Å². The summed E-state index contributed by atoms with van der Waals surface area (Å²) in [7, 11) is -2.78. The van der Waals surface area contributed by atoms with E-state index in [4.69, 9.17) is 14.6 Å². The number of hydrogen-bond acceptors (Lipinski definition) is 5. The molecule has 1 aromatic carbocycles. The predicted octanol–water partition coefficient (Wildman–Crippen LogP) is 1.23. The topological polar surface area (TPSA) is 102 Å². The van der Waals surface area contributed by atoms with Crippen LogP contribution in [0.2, 0.25) is 0 Å². The fourth-order valence-electron chi connectivity index (χ4n) is 1.54. The standard InChI is InChI=1S/C12H16BrNO6S/c1-3-20-10-5-4-8(13)6-11(10)21(17,18)14-9(7-19-2)12(15)16/h4-6,9,14H,3,7H2,1-2H3,(H,15,16). The lowest BCUT2D eigenvalue weighted by Gasteiger charge is -2.16. The molecule has 21 heavy (non-hydrogen) atoms. The van der Waals surface area contributed by atoms with Gasteiger partial charge in [-0.25, -0.2) is 8.42 Å². The van der Waals surface area contributed by atoms with Crippen LogP contribution in [0.4, 0.5) is 0 Å². The van der Waals surface area contributed by atoms with Gasteiger partial charge in [-0.2, -0.15) is 4.72 Å². The number of nitrogens with one attached hydrogen (secondary N) is 1. The first-order valence-corrected chi connectivity index (χ1v) is 8.25. The van der Waals surface area contributed by atoms with E-state index in [0.29, 0.717) is 4.47 Å². The van der Waals surface area contributed by atoms with Gasteiger partial charge in [0.1, 0.15) is 16.7 Å². The SMILES string of the molecule is CCOc1ccc(Br)cc1S(=O)(=O)NC(COC)C(=O)O. The molecule has 1 aromatic rings. The molecule has 7 nitrogen and oxygen atoms in total. The van der Waals surface area contributed by atoms with Crippen LogP contribution in [-0.4, -0.2) is 45.9 Å². The zero-order chi connectivity index (χ0) is 16.0. The van der Waals surface area contributed by atoms with E-state index in [1.165, 1.54) is 19.2 Å². The van der Waals surface area contributed by atoms with Crippen molar-refractivity contribution in [3.63, 3.8) is 0 Å². The maximum absolute atomic E-state index is 12.3. The van der Waals surface area contributed by atoms with E-state index in [1.807, 2.05) is 0 Å². The highest BCUT2D eigenvalue weighted by Crippen LogP contribution is 2.27. The quantitative estimate of drug-likeness (QED) is 0.701. The molecule has 0 radical (unpaired) electrons. The lowest BCUT2D eigenvalue weighted by molar-refractivity contribution is -0.140. The average Bonchev–Trinajstić information content (AvgIpc) is 2.40. The Morgan fingerprint density at radius 1 is 1.48 bits per heavy atom. The van der Waals surface area contributed by atoms with Crippen molar-refractivity contribution in [2.45, 2.75) is 17.9 Å². The number of sulfonamides is 1. The summed E-state index contributed by atoms with van der Waals surface area (Å²) in [5.74, 6) is -1.18. The second-order valence-electron chi connectivity index (χ2n) is 3.99. The van der Waals surface area contributed by atoms with Gasteiger partial charge in [0.25, 0.3) is 0 Å². The maximum atomic E-state index is 12.3. The highest BCUT2D eigenvalue weighted by atomic mass is 79.9. The Kier molecular flexibility index (Phi) is 6.59. The van der Waals surface area contributed by atoms with Gasteiger partial charge in [-0.15, -0.1) is 0 Å². The number of ether oxygens (including phenoxy) is 2. The molecule has 1 rings (SSSR count). The molecule has 0 spiro atoms. The second-order valence-corrected chi connectivity index (χ2v) is 6.59. The average molecular weight is 382 g/mol. The van der Waals surface area contributed by atoms with Crippen molar-refractivity contribution < 1.29 is 27.8 Å². The molecule has 0 aliphatic rings. The minimum atomic E-state index is -4.07. The molecule has 0 heterocycles. The molecule has 118 valence electrons. The molecule has 2 N–H and O–H groups in total. The van der Waals surface area contributed by atoms with Gasteiger partial charge in [0.15, 0.2) is 0 Å². The number of carboxylic acid groups (broad SMARTS) is 1. The monoisotopic (exact) mass is 381 g/mol. The number of rotatable bonds is 8. The minimum Gasteiger partial charge on any atom is -0.492 e. The fraction of sp³-hybridized carbons (Fsp3) is 0.417. The largest absolute Gasteiger partial charge is 0.492 e. The van der Waals surface area contributed by atoms with Crippen molar-refractivity contribution in [1.29, 1.82) is 0 Å². The van der Waals surface area contributed by atoms with Crippen LogP contribution in [0.1, 0.15) is 6.92 Å². The highest BCUT2D eigenvalue weighted by Gasteiger charge is 2.28. The van der Waals surface area contributed by atoms with E-state index in [1.54, 1.807) is 13.0 Å². The van der Waals surface area contributed by atoms with Crippen LogP contribution in [0.15, 0.2) is 27.6 Å². The Balaban J connectivity index is 3.17. The predicted molar refractivity (Wildman–Crippen MR) is 78.9 cm³/mol. The Morgan fingerprint density at radius 2 is 2.14 bits per heavy atom. The second kappa shape index (κ2) is 7.74. The lowest BCUT2D eigenvalue weighted by atomic mass is 10.3. The Hall–Kier alpha value is -1.16. The van der Waals surface area contributed by atoms with Gasteiger partial charge >= 0.3 is 5.97 Å². The van der Waals surface area contributed by atoms with Crippen molar-refractivity contribution in [3.8, 4) is 5.75 Å². The van der Waals surface area contributed by atoms with E-state index in [-0.39, 0.29) is 23.9 Å². The number of carbonyl (C=O) groups is 1. The third-order valence-corrected chi connectivity index (χ3v) is 4.41. The van der Waals surface area contributed by atoms with Gasteiger partial charge in [0.2, 0.25) is 10.0 Å². The van der Waals surface area contributed by atoms with Crippen molar-refractivity contribution in [3.05, 3.63) is 22.7 Å². The number of hydrogen-bond donors (Lipinski definition) is 2. The molecule has 0 saturated carbocycles. The number of halogens is 1. The van der Waals surface area contributed by atoms with Crippen molar-refractivity contribution in [2.75, 3.05) is 20.3 Å². The van der Waals surface area contributed by atoms with Crippen molar-refractivity contribution >= 4 is 31.9 Å². The molecule has 0 fully saturated rings. The van der Waals surface area contributed by atoms with Crippen LogP contribution in [0, 0.1) is 0 Å². The van der Waals surface area contributed by atoms with E-state index in [9.17, 15) is 13.2 Å². The first kappa shape index (κ1) is 17.9. The summed E-state index contributed by atoms with van der Waals surface area (Å²) in [5, 5.41) is 8.99. The third-order valence-electron chi connectivity index (χ3n) is 2.42. The van der Waals surface area contributed by atoms with Gasteiger partial charge in [-0.3, -0.25) is 4.79 Å². The normalized spacial score (nSPS) is 12.9. The van der Waals surface area contributed by atoms with E-state index in [2.05, 4.69) is 20.7 Å². The molecule has 9 heteroatoms. The number of carboxylic acids is 1. The van der Waals surface area contributed by atoms with Crippen LogP contribution < -0.4 is 9.46 Å². The first-order valence-electron chi connectivity index (χ1n) is 5.98. The molecule has 1 unspecified atom stereocenters. The van der Waals surface area contributed by atoms with E-state index in [0.717, 1.165) is 0 Å². The zero-order valence-electron chi connectivity index (χ0n) is 11.5. The Morgan fingerprint density at radius 3 is 2.67 bits per heavy atom. The van der Waals surface area contributed by atoms with Gasteiger partial charge in [0, 0.05) is 11.6 Å². The molecule has 0 saturated heterocycles. The molecule has 0 amide bonds. The van der Waals surface area contributed by atoms with Crippen LogP contribution >= 0.6 is 15.9 Å². The summed E-state index contributed by atoms with van der Waals surface area (Å²) in [4.78, 5) is 10.9. The lowest BCUT2D eigenvalue weighted by Crippen LogP contribution is -2.43. The summed E-state index contributed by atoms with van der Waals surface area (Å²) in [6.45, 7) is 1.72. The van der Waals surface area contributed by atoms with E-state index < -0.39 is 22.0 Å². The van der Waals surface area contributed by atoms with E-state index >= 15 is 0 Å². The van der Waals surface area contributed by atoms with Gasteiger partial charge < -0.3 is 14.6 Å². The fourth-order valence-corrected chi connectivity index (χ4v) is 3.40. The minimum absolute atomic E-state index is 0.138. The molecular formula is C12H16BrNO6S. The number of methoxy groups -OCH3 is 1. The number of aliphatic carboxylic acids is 1. The maximum Gasteiger partial charge on any atom is 0.324 e. The number of benzene rings is 1. The summed E-state index contributed by atoms with van der Waals surface area (Å²) >= 11 is 3.18. The Bertz CT molecular complexity index is 604. The molecule has 1 atom stereocenters. The van der Waals surface area contributed by atoms with Crippen molar-refractivity contribution in [2.24, 2.45) is 0 Å². The van der Waals surface area contributed by atoms with Crippen LogP contribution in [0.3, 0.4) is 0 Å². The first-order chi connectivity index (χ1) is 9.81. The van der Waals surface area contributed by atoms with Crippen LogP contribution in [0.5, 0.6) is 5.75 Å². The smallest absolute Gasteiger partial charge is 0.324 e.